The molecule has 0 atom stereocenters. The number of nitrogens with zero attached hydrogens (tertiary/aromatic N) is 2. The van der Waals surface area contributed by atoms with Crippen LogP contribution < -0.4 is 14.8 Å². The zero-order valence-corrected chi connectivity index (χ0v) is 18.2. The fraction of sp³-hybridized carbons (Fsp3) is 0.0833. The van der Waals surface area contributed by atoms with Crippen molar-refractivity contribution in [3.8, 4) is 17.6 Å². The molecule has 0 fully saturated rings. The van der Waals surface area contributed by atoms with E-state index in [-0.39, 0.29) is 23.6 Å². The normalized spacial score (nSPS) is 10.8. The van der Waals surface area contributed by atoms with E-state index in [2.05, 4.69) is 5.32 Å². The first-order valence-electron chi connectivity index (χ1n) is 9.62. The summed E-state index contributed by atoms with van der Waals surface area (Å²) in [6.45, 7) is 0.205. The third-order valence-corrected chi connectivity index (χ3v) is 4.72. The van der Waals surface area contributed by atoms with Crippen LogP contribution in [0.3, 0.4) is 0 Å². The lowest BCUT2D eigenvalue weighted by Crippen LogP contribution is -2.13. The van der Waals surface area contributed by atoms with Crippen LogP contribution in [0.4, 0.5) is 11.4 Å². The van der Waals surface area contributed by atoms with E-state index in [1.165, 1.54) is 37.5 Å². The number of benzene rings is 3. The number of methoxy groups -OCH3 is 1. The molecule has 0 aliphatic carbocycles. The number of nitriles is 1. The van der Waals surface area contributed by atoms with E-state index in [9.17, 15) is 20.2 Å². The largest absolute Gasteiger partial charge is 0.497 e. The fourth-order valence-corrected chi connectivity index (χ4v) is 3.09. The van der Waals surface area contributed by atoms with Gasteiger partial charge in [-0.15, -0.1) is 0 Å². The molecule has 3 rings (SSSR count). The molecule has 166 valence electrons. The second-order valence-corrected chi connectivity index (χ2v) is 7.19. The third-order valence-electron chi connectivity index (χ3n) is 4.48. The van der Waals surface area contributed by atoms with Crippen LogP contribution in [0.2, 0.25) is 5.02 Å². The summed E-state index contributed by atoms with van der Waals surface area (Å²) in [6, 6.07) is 19.5. The quantitative estimate of drug-likeness (QED) is 0.207. The Kier molecular flexibility index (Phi) is 7.63. The number of hydrogen-bond donors (Lipinski definition) is 1. The first-order valence-corrected chi connectivity index (χ1v) is 10.0. The van der Waals surface area contributed by atoms with Crippen molar-refractivity contribution in [1.29, 1.82) is 5.26 Å². The molecule has 33 heavy (non-hydrogen) atoms. The van der Waals surface area contributed by atoms with Crippen molar-refractivity contribution in [2.75, 3.05) is 12.4 Å². The Labute approximate surface area is 194 Å². The molecule has 0 spiro atoms. The number of nitro benzene ring substituents is 1. The highest BCUT2D eigenvalue weighted by Gasteiger charge is 2.14. The van der Waals surface area contributed by atoms with Gasteiger partial charge in [0, 0.05) is 34.5 Å². The molecule has 0 saturated carbocycles. The van der Waals surface area contributed by atoms with Gasteiger partial charge in [0.1, 0.15) is 29.7 Å². The number of ether oxygens (including phenoxy) is 2. The van der Waals surface area contributed by atoms with Crippen molar-refractivity contribution in [1.82, 2.24) is 0 Å². The maximum Gasteiger partial charge on any atom is 0.271 e. The van der Waals surface area contributed by atoms with Crippen LogP contribution in [-0.2, 0) is 11.4 Å². The standard InChI is InChI=1S/C24H18ClN3O5/c1-32-22-9-8-17(23(13-22)33-15-16-4-2-5-19(25)10-16)11-18(14-26)24(29)27-20-6-3-7-21(12-20)28(30)31/h2-13H,15H2,1H3,(H,27,29)/b18-11+. The number of amides is 1. The number of halogens is 1. The van der Waals surface area contributed by atoms with Crippen LogP contribution in [-0.4, -0.2) is 17.9 Å². The second kappa shape index (κ2) is 10.8. The lowest BCUT2D eigenvalue weighted by Gasteiger charge is -2.12. The highest BCUT2D eigenvalue weighted by atomic mass is 35.5. The SMILES string of the molecule is COc1ccc(/C=C(\C#N)C(=O)Nc2cccc([N+](=O)[O-])c2)c(OCc2cccc(Cl)c2)c1. The van der Waals surface area contributed by atoms with Crippen LogP contribution in [0.5, 0.6) is 11.5 Å². The molecular formula is C24H18ClN3O5. The molecule has 0 unspecified atom stereocenters. The lowest BCUT2D eigenvalue weighted by atomic mass is 10.1. The molecule has 0 bridgehead atoms. The van der Waals surface area contributed by atoms with Crippen LogP contribution in [0.25, 0.3) is 6.08 Å². The number of non-ortho nitro benzene ring substituents is 1. The molecule has 9 heteroatoms. The summed E-state index contributed by atoms with van der Waals surface area (Å²) < 4.78 is 11.2. The minimum absolute atomic E-state index is 0.179. The van der Waals surface area contributed by atoms with Gasteiger partial charge in [0.05, 0.1) is 12.0 Å². The summed E-state index contributed by atoms with van der Waals surface area (Å²) in [7, 11) is 1.51. The Balaban J connectivity index is 1.86. The number of nitro groups is 1. The highest BCUT2D eigenvalue weighted by molar-refractivity contribution is 6.30. The summed E-state index contributed by atoms with van der Waals surface area (Å²) >= 11 is 6.02. The van der Waals surface area contributed by atoms with E-state index in [0.29, 0.717) is 22.1 Å². The van der Waals surface area contributed by atoms with Gasteiger partial charge in [-0.3, -0.25) is 14.9 Å². The Hall–Kier alpha value is -4.35. The number of anilines is 1. The van der Waals surface area contributed by atoms with E-state index in [0.717, 1.165) is 5.56 Å². The topological polar surface area (TPSA) is 114 Å². The van der Waals surface area contributed by atoms with E-state index in [1.807, 2.05) is 12.1 Å². The van der Waals surface area contributed by atoms with E-state index >= 15 is 0 Å². The van der Waals surface area contributed by atoms with Gasteiger partial charge >= 0.3 is 0 Å². The Morgan fingerprint density at radius 1 is 1.18 bits per heavy atom. The molecule has 1 N–H and O–H groups in total. The smallest absolute Gasteiger partial charge is 0.271 e. The number of hydrogen-bond acceptors (Lipinski definition) is 6. The van der Waals surface area contributed by atoms with Gasteiger partial charge in [-0.1, -0.05) is 29.8 Å². The highest BCUT2D eigenvalue weighted by Crippen LogP contribution is 2.28. The molecule has 0 heterocycles. The van der Waals surface area contributed by atoms with Crippen molar-refractivity contribution in [2.45, 2.75) is 6.61 Å². The molecule has 0 aliphatic rings. The van der Waals surface area contributed by atoms with Gasteiger partial charge in [0.15, 0.2) is 0 Å². The van der Waals surface area contributed by atoms with Gasteiger partial charge in [-0.25, -0.2) is 0 Å². The molecule has 0 radical (unpaired) electrons. The average molecular weight is 464 g/mol. The van der Waals surface area contributed by atoms with Gasteiger partial charge in [-0.2, -0.15) is 5.26 Å². The van der Waals surface area contributed by atoms with Crippen molar-refractivity contribution >= 4 is 35.0 Å². The molecule has 3 aromatic carbocycles. The van der Waals surface area contributed by atoms with Crippen molar-refractivity contribution < 1.29 is 19.2 Å². The second-order valence-electron chi connectivity index (χ2n) is 6.75. The Morgan fingerprint density at radius 2 is 1.97 bits per heavy atom. The molecule has 3 aromatic rings. The first kappa shape index (κ1) is 23.3. The van der Waals surface area contributed by atoms with Crippen molar-refractivity contribution in [3.63, 3.8) is 0 Å². The number of carbonyl (C=O) groups is 1. The van der Waals surface area contributed by atoms with Crippen LogP contribution >= 0.6 is 11.6 Å². The van der Waals surface area contributed by atoms with E-state index in [4.69, 9.17) is 21.1 Å². The molecule has 8 nitrogen and oxygen atoms in total. The third kappa shape index (κ3) is 6.32. The summed E-state index contributed by atoms with van der Waals surface area (Å²) in [5.41, 5.74) is 1.12. The lowest BCUT2D eigenvalue weighted by molar-refractivity contribution is -0.384. The predicted molar refractivity (Wildman–Crippen MR) is 124 cm³/mol. The first-order chi connectivity index (χ1) is 15.9. The predicted octanol–water partition coefficient (Wildman–Crippen LogP) is 5.38. The molecule has 0 aliphatic heterocycles. The zero-order chi connectivity index (χ0) is 23.8. The maximum atomic E-state index is 12.6. The minimum atomic E-state index is -0.713. The van der Waals surface area contributed by atoms with Crippen molar-refractivity contribution in [2.24, 2.45) is 0 Å². The average Bonchev–Trinajstić information content (AvgIpc) is 2.81. The summed E-state index contributed by atoms with van der Waals surface area (Å²) in [5, 5.41) is 23.6. The molecule has 0 aromatic heterocycles. The molecular weight excluding hydrogens is 446 g/mol. The molecule has 1 amide bonds. The zero-order valence-electron chi connectivity index (χ0n) is 17.4. The Bertz CT molecular complexity index is 1270. The van der Waals surface area contributed by atoms with Crippen LogP contribution in [0.1, 0.15) is 11.1 Å². The summed E-state index contributed by atoms with van der Waals surface area (Å²) in [5.74, 6) is 0.215. The van der Waals surface area contributed by atoms with Crippen LogP contribution in [0.15, 0.2) is 72.3 Å². The maximum absolute atomic E-state index is 12.6. The molecule has 0 saturated heterocycles. The van der Waals surface area contributed by atoms with Gasteiger partial charge in [-0.05, 0) is 42.0 Å². The summed E-state index contributed by atoms with van der Waals surface area (Å²) in [4.78, 5) is 23.0. The van der Waals surface area contributed by atoms with E-state index < -0.39 is 10.8 Å². The van der Waals surface area contributed by atoms with Crippen molar-refractivity contribution in [3.05, 3.63) is 98.6 Å². The number of nitrogens with one attached hydrogen (secondary N) is 1. The number of rotatable bonds is 8. The number of carbonyl (C=O) groups excluding carboxylic acids is 1. The Morgan fingerprint density at radius 3 is 2.67 bits per heavy atom. The summed E-state index contributed by atoms with van der Waals surface area (Å²) in [6.07, 6.45) is 1.37. The fourth-order valence-electron chi connectivity index (χ4n) is 2.87. The van der Waals surface area contributed by atoms with Gasteiger partial charge in [0.2, 0.25) is 0 Å². The minimum Gasteiger partial charge on any atom is -0.497 e. The van der Waals surface area contributed by atoms with Crippen LogP contribution in [0, 0.1) is 21.4 Å². The van der Waals surface area contributed by atoms with Gasteiger partial charge < -0.3 is 14.8 Å². The van der Waals surface area contributed by atoms with Gasteiger partial charge in [0.25, 0.3) is 11.6 Å². The van der Waals surface area contributed by atoms with E-state index in [1.54, 1.807) is 36.4 Å². The monoisotopic (exact) mass is 463 g/mol.